The van der Waals surface area contributed by atoms with Crippen molar-refractivity contribution in [3.8, 4) is 0 Å². The normalized spacial score (nSPS) is 15.6. The Kier molecular flexibility index (Phi) is 36.5. The van der Waals surface area contributed by atoms with Gasteiger partial charge in [0.2, 0.25) is 0 Å². The Morgan fingerprint density at radius 1 is 0.681 bits per heavy atom. The molecule has 12 nitrogen and oxygen atoms in total. The number of carboxylic acids is 2. The number of hydrogen-bond donors (Lipinski definition) is 6. The fourth-order valence-corrected chi connectivity index (χ4v) is 4.46. The Morgan fingerprint density at radius 3 is 1.30 bits per heavy atom. The molecule has 272 valence electrons. The van der Waals surface area contributed by atoms with Crippen molar-refractivity contribution in [1.82, 2.24) is 20.4 Å². The summed E-state index contributed by atoms with van der Waals surface area (Å²) in [5.74, 6) is -2.28. The zero-order chi connectivity index (χ0) is 35.3. The van der Waals surface area contributed by atoms with Crippen LogP contribution in [0.25, 0.3) is 0 Å². The third kappa shape index (κ3) is 30.0. The Morgan fingerprint density at radius 2 is 1.02 bits per heavy atom. The van der Waals surface area contributed by atoms with E-state index in [0.717, 1.165) is 38.5 Å². The van der Waals surface area contributed by atoms with Crippen molar-refractivity contribution in [2.45, 2.75) is 129 Å². The predicted octanol–water partition coefficient (Wildman–Crippen LogP) is -0.592. The molecule has 6 unspecified atom stereocenters. The summed E-state index contributed by atoms with van der Waals surface area (Å²) in [5, 5.41) is 67.7. The maximum Gasteiger partial charge on any atom is 2.00 e. The summed E-state index contributed by atoms with van der Waals surface area (Å²) in [5.41, 5.74) is 0. The number of aliphatic hydroxyl groups excluding tert-OH is 4. The van der Waals surface area contributed by atoms with Crippen molar-refractivity contribution < 1.29 is 40.2 Å². The van der Waals surface area contributed by atoms with Gasteiger partial charge in [0.15, 0.2) is 0 Å². The van der Waals surface area contributed by atoms with Crippen LogP contribution in [0.4, 0.5) is 0 Å². The Bertz CT molecular complexity index is 744. The average molecular weight is 699 g/mol. The third-order valence-electron chi connectivity index (χ3n) is 7.50. The summed E-state index contributed by atoms with van der Waals surface area (Å²) in [6.07, 6.45) is 12.1. The number of unbranched alkanes of at least 4 members (excludes halogenated alkanes) is 2. The first-order chi connectivity index (χ1) is 21.8. The quantitative estimate of drug-likeness (QED) is 0.0347. The van der Waals surface area contributed by atoms with Crippen molar-refractivity contribution in [2.75, 3.05) is 52.4 Å². The molecule has 0 rings (SSSR count). The minimum absolute atomic E-state index is 0. The number of allylic oxidation sites excluding steroid dienone is 2. The van der Waals surface area contributed by atoms with Crippen LogP contribution in [0.1, 0.15) is 92.9 Å². The van der Waals surface area contributed by atoms with Crippen LogP contribution in [0, 0.1) is 0 Å². The molecule has 0 radical (unpaired) electrons. The van der Waals surface area contributed by atoms with Gasteiger partial charge in [-0.1, -0.05) is 77.7 Å². The summed E-state index contributed by atoms with van der Waals surface area (Å²) in [6.45, 7) is 14.7. The molecule has 0 heterocycles. The summed E-state index contributed by atoms with van der Waals surface area (Å²) >= 11 is 0. The summed E-state index contributed by atoms with van der Waals surface area (Å²) in [4.78, 5) is 25.6. The molecular formula is C34H66CaN4O8. The van der Waals surface area contributed by atoms with Crippen LogP contribution in [0.15, 0.2) is 24.3 Å². The van der Waals surface area contributed by atoms with Crippen LogP contribution in [0.5, 0.6) is 0 Å². The monoisotopic (exact) mass is 698 g/mol. The van der Waals surface area contributed by atoms with Gasteiger partial charge in [0, 0.05) is 64.4 Å². The molecule has 0 aromatic heterocycles. The van der Waals surface area contributed by atoms with E-state index in [1.54, 1.807) is 35.8 Å². The molecule has 0 fully saturated rings. The first-order valence-corrected chi connectivity index (χ1v) is 17.2. The van der Waals surface area contributed by atoms with E-state index in [1.807, 2.05) is 26.0 Å². The number of aliphatic hydroxyl groups is 4. The standard InChI is InChI=1S/2C17H34N2O4.Ca/c2*1-4-6-8-15(20)12-18-10-11-19(14(3)17(22)23)13-16(21)9-7-5-2;/h2*6,8,14-16,18,20-21H,4-5,7,9-13H2,1-3H3,(H,22,23);/q;;+2/p-2/b2*8-6+;. The molecule has 0 aliphatic rings. The van der Waals surface area contributed by atoms with Crippen molar-refractivity contribution in [3.63, 3.8) is 0 Å². The largest absolute Gasteiger partial charge is 2.00 e. The number of rotatable bonds is 28. The molecular weight excluding hydrogens is 632 g/mol. The first kappa shape index (κ1) is 50.7. The third-order valence-corrected chi connectivity index (χ3v) is 7.50. The number of carboxylic acid groups (broad SMARTS) is 2. The van der Waals surface area contributed by atoms with Gasteiger partial charge in [0.1, 0.15) is 0 Å². The second kappa shape index (κ2) is 33.8. The van der Waals surface area contributed by atoms with Crippen LogP contribution >= 0.6 is 0 Å². The summed E-state index contributed by atoms with van der Waals surface area (Å²) in [6, 6.07) is -1.50. The van der Waals surface area contributed by atoms with E-state index in [0.29, 0.717) is 65.2 Å². The SMILES string of the molecule is CC/C=C/C(O)CNCCN(CC(O)CCCC)C(C)C(=O)[O-].CC/C=C/C(O)CNCCN(CC(O)CCCC)C(C)C(=O)[O-].[Ca+2]. The van der Waals surface area contributed by atoms with Gasteiger partial charge in [0.25, 0.3) is 0 Å². The maximum absolute atomic E-state index is 11.1. The minimum Gasteiger partial charge on any atom is -0.548 e. The summed E-state index contributed by atoms with van der Waals surface area (Å²) in [7, 11) is 0. The predicted molar refractivity (Wildman–Crippen MR) is 186 cm³/mol. The van der Waals surface area contributed by atoms with E-state index in [9.17, 15) is 40.2 Å². The molecule has 13 heteroatoms. The van der Waals surface area contributed by atoms with Crippen molar-refractivity contribution >= 4 is 49.7 Å². The Labute approximate surface area is 314 Å². The molecule has 47 heavy (non-hydrogen) atoms. The molecule has 0 saturated carbocycles. The van der Waals surface area contributed by atoms with Gasteiger partial charge >= 0.3 is 37.7 Å². The Balaban J connectivity index is -0.000000807. The van der Waals surface area contributed by atoms with E-state index < -0.39 is 48.4 Å². The van der Waals surface area contributed by atoms with E-state index in [1.165, 1.54) is 0 Å². The van der Waals surface area contributed by atoms with Gasteiger partial charge in [-0.05, 0) is 39.5 Å². The van der Waals surface area contributed by atoms with Gasteiger partial charge in [-0.25, -0.2) is 0 Å². The van der Waals surface area contributed by atoms with Crippen molar-refractivity contribution in [2.24, 2.45) is 0 Å². The average Bonchev–Trinajstić information content (AvgIpc) is 3.02. The van der Waals surface area contributed by atoms with Gasteiger partial charge in [-0.2, -0.15) is 0 Å². The molecule has 0 aromatic rings. The van der Waals surface area contributed by atoms with Crippen molar-refractivity contribution in [1.29, 1.82) is 0 Å². The van der Waals surface area contributed by atoms with Gasteiger partial charge < -0.3 is 50.9 Å². The molecule has 0 aliphatic heterocycles. The van der Waals surface area contributed by atoms with Crippen LogP contribution < -0.4 is 20.8 Å². The summed E-state index contributed by atoms with van der Waals surface area (Å²) < 4.78 is 0. The van der Waals surface area contributed by atoms with Gasteiger partial charge in [-0.3, -0.25) is 9.80 Å². The fraction of sp³-hybridized carbons (Fsp3) is 0.824. The molecule has 0 aliphatic carbocycles. The molecule has 0 amide bonds. The molecule has 0 bridgehead atoms. The molecule has 0 saturated heterocycles. The molecule has 6 N–H and O–H groups in total. The van der Waals surface area contributed by atoms with E-state index in [4.69, 9.17) is 0 Å². The van der Waals surface area contributed by atoms with Crippen LogP contribution in [-0.2, 0) is 9.59 Å². The number of nitrogens with zero attached hydrogens (tertiary/aromatic N) is 2. The first-order valence-electron chi connectivity index (χ1n) is 17.2. The fourth-order valence-electron chi connectivity index (χ4n) is 4.46. The van der Waals surface area contributed by atoms with Crippen LogP contribution in [0.2, 0.25) is 0 Å². The second-order valence-electron chi connectivity index (χ2n) is 11.8. The van der Waals surface area contributed by atoms with E-state index in [2.05, 4.69) is 24.5 Å². The molecule has 0 aromatic carbocycles. The topological polar surface area (TPSA) is 192 Å². The number of hydrogen-bond acceptors (Lipinski definition) is 12. The van der Waals surface area contributed by atoms with Crippen LogP contribution in [-0.4, -0.2) is 169 Å². The number of carbonyl (C=O) groups is 2. The number of aliphatic carboxylic acids is 2. The maximum atomic E-state index is 11.1. The zero-order valence-corrected chi connectivity index (χ0v) is 32.3. The number of nitrogens with one attached hydrogen (secondary N) is 2. The Hall–Kier alpha value is -0.640. The molecule has 6 atom stereocenters. The second-order valence-corrected chi connectivity index (χ2v) is 11.8. The molecule has 0 spiro atoms. The van der Waals surface area contributed by atoms with E-state index in [-0.39, 0.29) is 37.7 Å². The minimum atomic E-state index is -1.14. The number of carbonyl (C=O) groups excluding carboxylic acids is 2. The van der Waals surface area contributed by atoms with Gasteiger partial charge in [-0.15, -0.1) is 0 Å². The van der Waals surface area contributed by atoms with Crippen molar-refractivity contribution in [3.05, 3.63) is 24.3 Å². The van der Waals surface area contributed by atoms with Gasteiger partial charge in [0.05, 0.1) is 36.4 Å². The zero-order valence-electron chi connectivity index (χ0n) is 30.1. The van der Waals surface area contributed by atoms with Crippen LogP contribution in [0.3, 0.4) is 0 Å². The van der Waals surface area contributed by atoms with E-state index >= 15 is 0 Å². The smallest absolute Gasteiger partial charge is 0.548 e.